The highest BCUT2D eigenvalue weighted by atomic mass is 16.5. The van der Waals surface area contributed by atoms with Gasteiger partial charge in [-0.2, -0.15) is 0 Å². The number of rotatable bonds is 8. The van der Waals surface area contributed by atoms with Crippen molar-refractivity contribution >= 4 is 11.9 Å². The highest BCUT2D eigenvalue weighted by Crippen LogP contribution is 2.28. The number of aliphatic carboxylic acids is 1. The van der Waals surface area contributed by atoms with Gasteiger partial charge in [0.1, 0.15) is 12.6 Å². The van der Waals surface area contributed by atoms with E-state index in [0.717, 1.165) is 11.1 Å². The Balaban J connectivity index is 2.35. The van der Waals surface area contributed by atoms with Gasteiger partial charge < -0.3 is 15.2 Å². The predicted molar refractivity (Wildman–Crippen MR) is 90.8 cm³/mol. The van der Waals surface area contributed by atoms with E-state index in [1.807, 2.05) is 60.7 Å². The Kier molecular flexibility index (Phi) is 6.51. The first-order valence-electron chi connectivity index (χ1n) is 7.83. The third kappa shape index (κ3) is 4.67. The average molecular weight is 327 g/mol. The SMILES string of the molecule is CCOCC(=O)N[C@H](C(=O)O)C(c1ccccc1)c1ccccc1. The lowest BCUT2D eigenvalue weighted by Gasteiger charge is -2.26. The molecule has 1 atom stereocenters. The van der Waals surface area contributed by atoms with Crippen LogP contribution in [-0.4, -0.2) is 36.2 Å². The minimum Gasteiger partial charge on any atom is -0.480 e. The monoisotopic (exact) mass is 327 g/mol. The number of ether oxygens (including phenoxy) is 1. The van der Waals surface area contributed by atoms with E-state index in [1.165, 1.54) is 0 Å². The fraction of sp³-hybridized carbons (Fsp3) is 0.263. The summed E-state index contributed by atoms with van der Waals surface area (Å²) in [6, 6.07) is 17.5. The van der Waals surface area contributed by atoms with Crippen molar-refractivity contribution < 1.29 is 19.4 Å². The van der Waals surface area contributed by atoms with Gasteiger partial charge >= 0.3 is 5.97 Å². The predicted octanol–water partition coefficient (Wildman–Crippen LogP) is 2.42. The first-order chi connectivity index (χ1) is 11.6. The molecule has 0 unspecified atom stereocenters. The normalized spacial score (nSPS) is 11.9. The van der Waals surface area contributed by atoms with Gasteiger partial charge in [0.15, 0.2) is 0 Å². The molecular weight excluding hydrogens is 306 g/mol. The number of hydrogen-bond donors (Lipinski definition) is 2. The Labute approximate surface area is 141 Å². The third-order valence-corrected chi connectivity index (χ3v) is 3.67. The Morgan fingerprint density at radius 1 is 1.00 bits per heavy atom. The summed E-state index contributed by atoms with van der Waals surface area (Å²) in [5.41, 5.74) is 1.65. The summed E-state index contributed by atoms with van der Waals surface area (Å²) < 4.78 is 5.06. The fourth-order valence-electron chi connectivity index (χ4n) is 2.60. The molecule has 2 aromatic carbocycles. The summed E-state index contributed by atoms with van der Waals surface area (Å²) in [5, 5.41) is 12.3. The number of carboxylic acids is 1. The molecule has 0 heterocycles. The molecule has 0 fully saturated rings. The second-order valence-corrected chi connectivity index (χ2v) is 5.32. The van der Waals surface area contributed by atoms with Crippen molar-refractivity contribution in [3.8, 4) is 0 Å². The topological polar surface area (TPSA) is 75.6 Å². The Hall–Kier alpha value is -2.66. The highest BCUT2D eigenvalue weighted by Gasteiger charge is 2.32. The van der Waals surface area contributed by atoms with Gasteiger partial charge in [0.25, 0.3) is 0 Å². The fourth-order valence-corrected chi connectivity index (χ4v) is 2.60. The van der Waals surface area contributed by atoms with Crippen molar-refractivity contribution in [3.63, 3.8) is 0 Å². The zero-order valence-electron chi connectivity index (χ0n) is 13.5. The van der Waals surface area contributed by atoms with Crippen LogP contribution in [0.3, 0.4) is 0 Å². The molecule has 2 N–H and O–H groups in total. The molecule has 2 aromatic rings. The minimum atomic E-state index is -1.09. The number of carboxylic acid groups (broad SMARTS) is 1. The van der Waals surface area contributed by atoms with Gasteiger partial charge in [-0.05, 0) is 18.1 Å². The number of amides is 1. The van der Waals surface area contributed by atoms with Crippen LogP contribution in [0.1, 0.15) is 24.0 Å². The molecule has 0 aromatic heterocycles. The summed E-state index contributed by atoms with van der Waals surface area (Å²) in [6.07, 6.45) is 0. The van der Waals surface area contributed by atoms with Crippen LogP contribution in [0.2, 0.25) is 0 Å². The van der Waals surface area contributed by atoms with Crippen molar-refractivity contribution in [1.82, 2.24) is 5.32 Å². The van der Waals surface area contributed by atoms with E-state index >= 15 is 0 Å². The highest BCUT2D eigenvalue weighted by molar-refractivity contribution is 5.85. The van der Waals surface area contributed by atoms with Gasteiger partial charge in [-0.25, -0.2) is 4.79 Å². The molecule has 5 nitrogen and oxygen atoms in total. The number of hydrogen-bond acceptors (Lipinski definition) is 3. The molecule has 0 bridgehead atoms. The Bertz CT molecular complexity index is 618. The second kappa shape index (κ2) is 8.84. The molecule has 0 aliphatic heterocycles. The van der Waals surface area contributed by atoms with Gasteiger partial charge in [0, 0.05) is 12.5 Å². The first-order valence-corrected chi connectivity index (χ1v) is 7.83. The van der Waals surface area contributed by atoms with Crippen LogP contribution in [-0.2, 0) is 14.3 Å². The summed E-state index contributed by atoms with van der Waals surface area (Å²) in [6.45, 7) is 2.02. The molecule has 1 amide bonds. The second-order valence-electron chi connectivity index (χ2n) is 5.32. The smallest absolute Gasteiger partial charge is 0.327 e. The van der Waals surface area contributed by atoms with Gasteiger partial charge in [-0.15, -0.1) is 0 Å². The van der Waals surface area contributed by atoms with Crippen molar-refractivity contribution in [2.75, 3.05) is 13.2 Å². The Morgan fingerprint density at radius 3 is 1.92 bits per heavy atom. The van der Waals surface area contributed by atoms with E-state index in [9.17, 15) is 14.7 Å². The maximum absolute atomic E-state index is 12.0. The van der Waals surface area contributed by atoms with Crippen LogP contribution < -0.4 is 5.32 Å². The van der Waals surface area contributed by atoms with E-state index in [0.29, 0.717) is 6.61 Å². The third-order valence-electron chi connectivity index (χ3n) is 3.67. The van der Waals surface area contributed by atoms with E-state index in [4.69, 9.17) is 4.74 Å². The maximum Gasteiger partial charge on any atom is 0.327 e. The molecule has 0 radical (unpaired) electrons. The molecule has 126 valence electrons. The largest absolute Gasteiger partial charge is 0.480 e. The number of carbonyl (C=O) groups is 2. The quantitative estimate of drug-likeness (QED) is 0.781. The lowest BCUT2D eigenvalue weighted by Crippen LogP contribution is -2.46. The lowest BCUT2D eigenvalue weighted by molar-refractivity contribution is -0.143. The first kappa shape index (κ1) is 17.7. The average Bonchev–Trinajstić information content (AvgIpc) is 2.61. The van der Waals surface area contributed by atoms with Crippen LogP contribution in [0.15, 0.2) is 60.7 Å². The van der Waals surface area contributed by atoms with Crippen LogP contribution in [0.4, 0.5) is 0 Å². The Morgan fingerprint density at radius 2 is 1.50 bits per heavy atom. The molecule has 5 heteroatoms. The molecule has 0 spiro atoms. The van der Waals surface area contributed by atoms with E-state index < -0.39 is 23.8 Å². The maximum atomic E-state index is 12.0. The summed E-state index contributed by atoms with van der Waals surface area (Å²) in [4.78, 5) is 23.8. The van der Waals surface area contributed by atoms with Crippen LogP contribution in [0.5, 0.6) is 0 Å². The van der Waals surface area contributed by atoms with Gasteiger partial charge in [-0.1, -0.05) is 60.7 Å². The van der Waals surface area contributed by atoms with Gasteiger partial charge in [-0.3, -0.25) is 4.79 Å². The van der Waals surface area contributed by atoms with Gasteiger partial charge in [0.05, 0.1) is 0 Å². The zero-order chi connectivity index (χ0) is 17.4. The minimum absolute atomic E-state index is 0.156. The molecule has 0 aliphatic rings. The molecule has 24 heavy (non-hydrogen) atoms. The lowest BCUT2D eigenvalue weighted by atomic mass is 9.85. The van der Waals surface area contributed by atoms with Crippen molar-refractivity contribution in [1.29, 1.82) is 0 Å². The van der Waals surface area contributed by atoms with Crippen molar-refractivity contribution in [2.45, 2.75) is 18.9 Å². The van der Waals surface area contributed by atoms with Crippen LogP contribution in [0.25, 0.3) is 0 Å². The summed E-state index contributed by atoms with van der Waals surface area (Å²) in [7, 11) is 0. The summed E-state index contributed by atoms with van der Waals surface area (Å²) >= 11 is 0. The number of nitrogens with one attached hydrogen (secondary N) is 1. The number of benzene rings is 2. The molecule has 0 saturated heterocycles. The molecule has 2 rings (SSSR count). The van der Waals surface area contributed by atoms with E-state index in [1.54, 1.807) is 6.92 Å². The number of carbonyl (C=O) groups excluding carboxylic acids is 1. The van der Waals surface area contributed by atoms with Crippen LogP contribution >= 0.6 is 0 Å². The van der Waals surface area contributed by atoms with Gasteiger partial charge in [0.2, 0.25) is 5.91 Å². The molecule has 0 saturated carbocycles. The standard InChI is InChI=1S/C19H21NO4/c1-2-24-13-16(21)20-18(19(22)23)17(14-9-5-3-6-10-14)15-11-7-4-8-12-15/h3-12,17-18H,2,13H2,1H3,(H,20,21)(H,22,23)/t18-/m0/s1. The molecule has 0 aliphatic carbocycles. The van der Waals surface area contributed by atoms with E-state index in [-0.39, 0.29) is 6.61 Å². The van der Waals surface area contributed by atoms with Crippen LogP contribution in [0, 0.1) is 0 Å². The summed E-state index contributed by atoms with van der Waals surface area (Å²) in [5.74, 6) is -2.02. The molecular formula is C19H21NO4. The zero-order valence-corrected chi connectivity index (χ0v) is 13.5. The van der Waals surface area contributed by atoms with Crippen molar-refractivity contribution in [2.24, 2.45) is 0 Å². The van der Waals surface area contributed by atoms with E-state index in [2.05, 4.69) is 5.32 Å². The van der Waals surface area contributed by atoms with Crippen molar-refractivity contribution in [3.05, 3.63) is 71.8 Å².